The topological polar surface area (TPSA) is 107 Å². The van der Waals surface area contributed by atoms with Crippen LogP contribution in [-0.4, -0.2) is 33.5 Å². The molecule has 3 rings (SSSR count). The second kappa shape index (κ2) is 11.0. The van der Waals surface area contributed by atoms with E-state index in [9.17, 15) is 15.0 Å². The van der Waals surface area contributed by atoms with Gasteiger partial charge in [0.05, 0.1) is 7.11 Å². The number of phenols is 3. The largest absolute Gasteiger partial charge is 0.508 e. The summed E-state index contributed by atoms with van der Waals surface area (Å²) in [5, 5.41) is 36.1. The van der Waals surface area contributed by atoms with Crippen molar-refractivity contribution in [2.45, 2.75) is 0 Å². The van der Waals surface area contributed by atoms with Crippen molar-refractivity contribution >= 4 is 24.2 Å². The molecule has 0 saturated heterocycles. The summed E-state index contributed by atoms with van der Waals surface area (Å²) in [4.78, 5) is 10.2. The molecule has 0 amide bonds. The number of carboxylic acid groups (broad SMARTS) is 1. The van der Waals surface area contributed by atoms with Crippen molar-refractivity contribution in [1.82, 2.24) is 0 Å². The lowest BCUT2D eigenvalue weighted by Gasteiger charge is -2.02. The quantitative estimate of drug-likeness (QED) is 0.359. The van der Waals surface area contributed by atoms with Gasteiger partial charge in [-0.15, -0.1) is 0 Å². The third kappa shape index (κ3) is 7.44. The zero-order valence-electron chi connectivity index (χ0n) is 16.3. The van der Waals surface area contributed by atoms with Gasteiger partial charge >= 0.3 is 5.97 Å². The number of benzene rings is 3. The molecule has 0 spiro atoms. The van der Waals surface area contributed by atoms with E-state index in [0.717, 1.165) is 17.2 Å². The van der Waals surface area contributed by atoms with Gasteiger partial charge in [0.2, 0.25) is 0 Å². The Morgan fingerprint density at radius 2 is 1.37 bits per heavy atom. The molecule has 3 aromatic rings. The normalized spacial score (nSPS) is 10.6. The van der Waals surface area contributed by atoms with Gasteiger partial charge in [-0.3, -0.25) is 0 Å². The molecule has 0 aliphatic rings. The van der Waals surface area contributed by atoms with Gasteiger partial charge < -0.3 is 25.2 Å². The van der Waals surface area contributed by atoms with Gasteiger partial charge in [0, 0.05) is 17.7 Å². The van der Waals surface area contributed by atoms with E-state index < -0.39 is 5.97 Å². The molecule has 4 N–H and O–H groups in total. The first-order valence-electron chi connectivity index (χ1n) is 8.91. The highest BCUT2D eigenvalue weighted by molar-refractivity contribution is 5.85. The second-order valence-electron chi connectivity index (χ2n) is 6.12. The molecular weight excluding hydrogens is 384 g/mol. The summed E-state index contributed by atoms with van der Waals surface area (Å²) in [5.41, 5.74) is 2.38. The SMILES string of the molecule is COc1ccccc1C=CC(=O)O.Oc1ccc(C=Cc2cc(O)cc(O)c2)cc1. The summed E-state index contributed by atoms with van der Waals surface area (Å²) in [6.07, 6.45) is 6.18. The summed E-state index contributed by atoms with van der Waals surface area (Å²) in [6, 6.07) is 18.3. The Bertz CT molecular complexity index is 1020. The monoisotopic (exact) mass is 406 g/mol. The number of hydrogen-bond donors (Lipinski definition) is 4. The maximum Gasteiger partial charge on any atom is 0.328 e. The van der Waals surface area contributed by atoms with E-state index >= 15 is 0 Å². The zero-order valence-corrected chi connectivity index (χ0v) is 16.3. The lowest BCUT2D eigenvalue weighted by atomic mass is 10.1. The van der Waals surface area contributed by atoms with Crippen LogP contribution < -0.4 is 4.74 Å². The van der Waals surface area contributed by atoms with Crippen LogP contribution in [0.5, 0.6) is 23.0 Å². The minimum Gasteiger partial charge on any atom is -0.508 e. The molecule has 0 aliphatic heterocycles. The van der Waals surface area contributed by atoms with Crippen molar-refractivity contribution in [1.29, 1.82) is 0 Å². The average Bonchev–Trinajstić information content (AvgIpc) is 2.72. The summed E-state index contributed by atoms with van der Waals surface area (Å²) < 4.78 is 5.03. The van der Waals surface area contributed by atoms with Gasteiger partial charge in [0.25, 0.3) is 0 Å². The van der Waals surface area contributed by atoms with E-state index in [-0.39, 0.29) is 17.2 Å². The van der Waals surface area contributed by atoms with E-state index in [1.165, 1.54) is 12.1 Å². The highest BCUT2D eigenvalue weighted by atomic mass is 16.5. The maximum absolute atomic E-state index is 10.2. The van der Waals surface area contributed by atoms with E-state index in [1.54, 1.807) is 61.7 Å². The smallest absolute Gasteiger partial charge is 0.328 e. The molecule has 3 aromatic carbocycles. The molecule has 0 fully saturated rings. The highest BCUT2D eigenvalue weighted by Crippen LogP contribution is 2.22. The van der Waals surface area contributed by atoms with Gasteiger partial charge in [-0.05, 0) is 47.5 Å². The Kier molecular flexibility index (Phi) is 8.08. The fraction of sp³-hybridized carbons (Fsp3) is 0.0417. The number of hydrogen-bond acceptors (Lipinski definition) is 5. The summed E-state index contributed by atoms with van der Waals surface area (Å²) in [6.45, 7) is 0. The van der Waals surface area contributed by atoms with Crippen LogP contribution in [0.1, 0.15) is 16.7 Å². The number of phenolic OH excluding ortho intramolecular Hbond substituents is 3. The summed E-state index contributed by atoms with van der Waals surface area (Å²) in [7, 11) is 1.55. The summed E-state index contributed by atoms with van der Waals surface area (Å²) >= 11 is 0. The Morgan fingerprint density at radius 3 is 1.97 bits per heavy atom. The molecule has 154 valence electrons. The van der Waals surface area contributed by atoms with Crippen LogP contribution in [-0.2, 0) is 4.79 Å². The van der Waals surface area contributed by atoms with Crippen LogP contribution >= 0.6 is 0 Å². The fourth-order valence-electron chi connectivity index (χ4n) is 2.46. The minimum absolute atomic E-state index is 0.0235. The lowest BCUT2D eigenvalue weighted by molar-refractivity contribution is -0.131. The Morgan fingerprint density at radius 1 is 0.767 bits per heavy atom. The van der Waals surface area contributed by atoms with Gasteiger partial charge in [0.15, 0.2) is 0 Å². The molecule has 0 unspecified atom stereocenters. The second-order valence-corrected chi connectivity index (χ2v) is 6.12. The number of carboxylic acids is 1. The molecular formula is C24H22O6. The fourth-order valence-corrected chi connectivity index (χ4v) is 2.46. The standard InChI is InChI=1S/C14H12O3.C10H10O3/c15-12-5-3-10(4-6-12)1-2-11-7-13(16)9-14(17)8-11;1-13-9-5-3-2-4-8(9)6-7-10(11)12/h1-9,15-17H;2-7H,1H3,(H,11,12). The van der Waals surface area contributed by atoms with Crippen LogP contribution in [0.25, 0.3) is 18.2 Å². The molecule has 0 aromatic heterocycles. The van der Waals surface area contributed by atoms with Gasteiger partial charge in [0.1, 0.15) is 23.0 Å². The third-order valence-corrected chi connectivity index (χ3v) is 3.83. The molecule has 0 aliphatic carbocycles. The zero-order chi connectivity index (χ0) is 21.9. The van der Waals surface area contributed by atoms with Gasteiger partial charge in [-0.1, -0.05) is 42.5 Å². The van der Waals surface area contributed by atoms with Crippen molar-refractivity contribution in [3.05, 3.63) is 89.5 Å². The van der Waals surface area contributed by atoms with E-state index in [4.69, 9.17) is 14.9 Å². The number of ether oxygens (including phenoxy) is 1. The predicted octanol–water partition coefficient (Wildman–Crippen LogP) is 4.77. The van der Waals surface area contributed by atoms with Crippen molar-refractivity contribution in [2.24, 2.45) is 0 Å². The highest BCUT2D eigenvalue weighted by Gasteiger charge is 1.97. The first kappa shape index (κ1) is 22.1. The molecule has 6 nitrogen and oxygen atoms in total. The average molecular weight is 406 g/mol. The van der Waals surface area contributed by atoms with Crippen LogP contribution in [0.4, 0.5) is 0 Å². The third-order valence-electron chi connectivity index (χ3n) is 3.83. The number of rotatable bonds is 5. The maximum atomic E-state index is 10.2. The molecule has 0 heterocycles. The van der Waals surface area contributed by atoms with Gasteiger partial charge in [-0.25, -0.2) is 4.79 Å². The summed E-state index contributed by atoms with van der Waals surface area (Å²) in [5.74, 6) is -0.0335. The first-order chi connectivity index (χ1) is 14.4. The number of carbonyl (C=O) groups is 1. The predicted molar refractivity (Wildman–Crippen MR) is 116 cm³/mol. The van der Waals surface area contributed by atoms with Crippen molar-refractivity contribution in [3.8, 4) is 23.0 Å². The number of para-hydroxylation sites is 1. The van der Waals surface area contributed by atoms with E-state index in [2.05, 4.69) is 0 Å². The first-order valence-corrected chi connectivity index (χ1v) is 8.91. The van der Waals surface area contributed by atoms with Crippen LogP contribution in [0, 0.1) is 0 Å². The molecule has 0 saturated carbocycles. The van der Waals surface area contributed by atoms with Crippen LogP contribution in [0.3, 0.4) is 0 Å². The Balaban J connectivity index is 0.000000222. The van der Waals surface area contributed by atoms with Crippen molar-refractivity contribution in [2.75, 3.05) is 7.11 Å². The van der Waals surface area contributed by atoms with Crippen LogP contribution in [0.2, 0.25) is 0 Å². The van der Waals surface area contributed by atoms with Crippen LogP contribution in [0.15, 0.2) is 72.8 Å². The van der Waals surface area contributed by atoms with Crippen molar-refractivity contribution in [3.63, 3.8) is 0 Å². The Hall–Kier alpha value is -4.19. The molecule has 0 radical (unpaired) electrons. The molecule has 6 heteroatoms. The number of aliphatic carboxylic acids is 1. The molecule has 30 heavy (non-hydrogen) atoms. The number of methoxy groups -OCH3 is 1. The minimum atomic E-state index is -0.967. The Labute approximate surface area is 174 Å². The van der Waals surface area contributed by atoms with Crippen molar-refractivity contribution < 1.29 is 30.0 Å². The number of aromatic hydroxyl groups is 3. The molecule has 0 atom stereocenters. The van der Waals surface area contributed by atoms with E-state index in [0.29, 0.717) is 11.3 Å². The van der Waals surface area contributed by atoms with Gasteiger partial charge in [-0.2, -0.15) is 0 Å². The van der Waals surface area contributed by atoms with E-state index in [1.807, 2.05) is 18.2 Å². The molecule has 0 bridgehead atoms. The lowest BCUT2D eigenvalue weighted by Crippen LogP contribution is -1.88.